The van der Waals surface area contributed by atoms with Crippen molar-refractivity contribution in [3.8, 4) is 0 Å². The van der Waals surface area contributed by atoms with E-state index in [1.54, 1.807) is 12.1 Å². The van der Waals surface area contributed by atoms with Gasteiger partial charge in [0.15, 0.2) is 11.6 Å². The minimum absolute atomic E-state index is 0.171. The molecule has 0 spiro atoms. The molecule has 0 atom stereocenters. The van der Waals surface area contributed by atoms with E-state index >= 15 is 0 Å². The van der Waals surface area contributed by atoms with Crippen molar-refractivity contribution < 1.29 is 13.6 Å². The summed E-state index contributed by atoms with van der Waals surface area (Å²) in [4.78, 5) is 16.1. The van der Waals surface area contributed by atoms with Crippen molar-refractivity contribution in [2.75, 3.05) is 17.2 Å². The van der Waals surface area contributed by atoms with Crippen LogP contribution >= 0.6 is 0 Å². The summed E-state index contributed by atoms with van der Waals surface area (Å²) in [5.41, 5.74) is 0.359. The Kier molecular flexibility index (Phi) is 4.24. The zero-order valence-electron chi connectivity index (χ0n) is 10.8. The average molecular weight is 277 g/mol. The molecule has 0 saturated heterocycles. The molecule has 0 radical (unpaired) electrons. The molecule has 4 nitrogen and oxygen atoms in total. The van der Waals surface area contributed by atoms with Gasteiger partial charge in [-0.2, -0.15) is 0 Å². The van der Waals surface area contributed by atoms with Gasteiger partial charge in [-0.05, 0) is 31.2 Å². The number of amides is 1. The number of aromatic nitrogens is 1. The maximum Gasteiger partial charge on any atom is 0.274 e. The Bertz CT molecular complexity index is 632. The van der Waals surface area contributed by atoms with Gasteiger partial charge in [0.2, 0.25) is 0 Å². The van der Waals surface area contributed by atoms with E-state index in [0.717, 1.165) is 12.1 Å². The van der Waals surface area contributed by atoms with E-state index in [4.69, 9.17) is 0 Å². The third-order valence-corrected chi connectivity index (χ3v) is 2.52. The number of carbonyl (C=O) groups excluding carboxylic acids is 1. The van der Waals surface area contributed by atoms with Crippen LogP contribution in [0.1, 0.15) is 17.4 Å². The summed E-state index contributed by atoms with van der Waals surface area (Å²) >= 11 is 0. The first-order valence-electron chi connectivity index (χ1n) is 6.07. The second-order valence-corrected chi connectivity index (χ2v) is 4.02. The molecule has 0 unspecified atom stereocenters. The van der Waals surface area contributed by atoms with Gasteiger partial charge in [0.05, 0.1) is 0 Å². The molecule has 2 N–H and O–H groups in total. The molecule has 0 aliphatic carbocycles. The number of pyridine rings is 1. The largest absolute Gasteiger partial charge is 0.370 e. The van der Waals surface area contributed by atoms with Crippen LogP contribution in [0, 0.1) is 11.6 Å². The van der Waals surface area contributed by atoms with E-state index in [1.165, 1.54) is 12.1 Å². The maximum atomic E-state index is 13.0. The molecule has 1 amide bonds. The number of halogens is 2. The highest BCUT2D eigenvalue weighted by atomic mass is 19.2. The fourth-order valence-corrected chi connectivity index (χ4v) is 1.61. The normalized spacial score (nSPS) is 10.2. The topological polar surface area (TPSA) is 54.0 Å². The minimum Gasteiger partial charge on any atom is -0.370 e. The Morgan fingerprint density at radius 2 is 2.00 bits per heavy atom. The SMILES string of the molecule is CCNc1cccc(C(=O)Nc2ccc(F)c(F)c2)n1. The summed E-state index contributed by atoms with van der Waals surface area (Å²) in [6, 6.07) is 8.11. The number of rotatable bonds is 4. The molecule has 2 rings (SSSR count). The Labute approximate surface area is 114 Å². The summed E-state index contributed by atoms with van der Waals surface area (Å²) in [5, 5.41) is 5.44. The first-order valence-corrected chi connectivity index (χ1v) is 6.07. The maximum absolute atomic E-state index is 13.0. The predicted octanol–water partition coefficient (Wildman–Crippen LogP) is 3.04. The molecule has 20 heavy (non-hydrogen) atoms. The van der Waals surface area contributed by atoms with Gasteiger partial charge < -0.3 is 10.6 Å². The van der Waals surface area contributed by atoms with Crippen LogP contribution in [-0.2, 0) is 0 Å². The van der Waals surface area contributed by atoms with Gasteiger partial charge in [0.25, 0.3) is 5.91 Å². The molecule has 1 aromatic carbocycles. The predicted molar refractivity (Wildman–Crippen MR) is 72.7 cm³/mol. The van der Waals surface area contributed by atoms with Crippen molar-refractivity contribution in [2.24, 2.45) is 0 Å². The van der Waals surface area contributed by atoms with Crippen LogP contribution in [0.5, 0.6) is 0 Å². The van der Waals surface area contributed by atoms with Gasteiger partial charge in [-0.25, -0.2) is 13.8 Å². The Morgan fingerprint density at radius 1 is 1.20 bits per heavy atom. The zero-order chi connectivity index (χ0) is 14.5. The number of carbonyl (C=O) groups is 1. The number of nitrogens with one attached hydrogen (secondary N) is 2. The summed E-state index contributed by atoms with van der Waals surface area (Å²) < 4.78 is 25.8. The van der Waals surface area contributed by atoms with Crippen molar-refractivity contribution in [1.82, 2.24) is 4.98 Å². The number of hydrogen-bond donors (Lipinski definition) is 2. The second-order valence-electron chi connectivity index (χ2n) is 4.02. The fourth-order valence-electron chi connectivity index (χ4n) is 1.61. The van der Waals surface area contributed by atoms with Crippen LogP contribution in [0.25, 0.3) is 0 Å². The molecular formula is C14H13F2N3O. The molecule has 1 heterocycles. The van der Waals surface area contributed by atoms with Crippen molar-refractivity contribution in [3.05, 3.63) is 53.7 Å². The Morgan fingerprint density at radius 3 is 2.70 bits per heavy atom. The van der Waals surface area contributed by atoms with Crippen molar-refractivity contribution >= 4 is 17.4 Å². The van der Waals surface area contributed by atoms with E-state index in [2.05, 4.69) is 15.6 Å². The first-order chi connectivity index (χ1) is 9.60. The zero-order valence-corrected chi connectivity index (χ0v) is 10.8. The third-order valence-electron chi connectivity index (χ3n) is 2.52. The van der Waals surface area contributed by atoms with Gasteiger partial charge in [-0.15, -0.1) is 0 Å². The summed E-state index contributed by atoms with van der Waals surface area (Å²) in [7, 11) is 0. The van der Waals surface area contributed by atoms with Crippen LogP contribution in [0.4, 0.5) is 20.3 Å². The van der Waals surface area contributed by atoms with Crippen LogP contribution in [-0.4, -0.2) is 17.4 Å². The smallest absolute Gasteiger partial charge is 0.274 e. The molecule has 1 aromatic heterocycles. The van der Waals surface area contributed by atoms with Crippen LogP contribution in [0.2, 0.25) is 0 Å². The standard InChI is InChI=1S/C14H13F2N3O/c1-2-17-13-5-3-4-12(19-13)14(20)18-9-6-7-10(15)11(16)8-9/h3-8H,2H2,1H3,(H,17,19)(H,18,20). The highest BCUT2D eigenvalue weighted by Gasteiger charge is 2.10. The summed E-state index contributed by atoms with van der Waals surface area (Å²) in [6.45, 7) is 2.59. The van der Waals surface area contributed by atoms with Gasteiger partial charge in [-0.3, -0.25) is 4.79 Å². The molecule has 0 aliphatic rings. The van der Waals surface area contributed by atoms with Crippen LogP contribution in [0.3, 0.4) is 0 Å². The average Bonchev–Trinajstić information content (AvgIpc) is 2.43. The van der Waals surface area contributed by atoms with Crippen LogP contribution < -0.4 is 10.6 Å². The molecule has 6 heteroatoms. The lowest BCUT2D eigenvalue weighted by Gasteiger charge is -2.07. The van der Waals surface area contributed by atoms with E-state index < -0.39 is 17.5 Å². The van der Waals surface area contributed by atoms with E-state index in [9.17, 15) is 13.6 Å². The second kappa shape index (κ2) is 6.10. The number of benzene rings is 1. The highest BCUT2D eigenvalue weighted by Crippen LogP contribution is 2.14. The van der Waals surface area contributed by atoms with Crippen molar-refractivity contribution in [1.29, 1.82) is 0 Å². The number of anilines is 2. The molecular weight excluding hydrogens is 264 g/mol. The molecule has 0 saturated carbocycles. The van der Waals surface area contributed by atoms with E-state index in [-0.39, 0.29) is 11.4 Å². The van der Waals surface area contributed by atoms with E-state index in [0.29, 0.717) is 12.4 Å². The van der Waals surface area contributed by atoms with Gasteiger partial charge in [-0.1, -0.05) is 6.07 Å². The van der Waals surface area contributed by atoms with Gasteiger partial charge >= 0.3 is 0 Å². The number of nitrogens with zero attached hydrogens (tertiary/aromatic N) is 1. The molecule has 104 valence electrons. The minimum atomic E-state index is -1.02. The molecule has 2 aromatic rings. The van der Waals surface area contributed by atoms with Crippen molar-refractivity contribution in [3.63, 3.8) is 0 Å². The molecule has 0 fully saturated rings. The Balaban J connectivity index is 2.15. The third kappa shape index (κ3) is 3.28. The van der Waals surface area contributed by atoms with Gasteiger partial charge in [0, 0.05) is 18.3 Å². The van der Waals surface area contributed by atoms with E-state index in [1.807, 2.05) is 6.92 Å². The lowest BCUT2D eigenvalue weighted by molar-refractivity contribution is 0.102. The van der Waals surface area contributed by atoms with Gasteiger partial charge in [0.1, 0.15) is 11.5 Å². The summed E-state index contributed by atoms with van der Waals surface area (Å²) in [6.07, 6.45) is 0. The lowest BCUT2D eigenvalue weighted by Crippen LogP contribution is -2.14. The monoisotopic (exact) mass is 277 g/mol. The molecule has 0 aliphatic heterocycles. The Hall–Kier alpha value is -2.50. The van der Waals surface area contributed by atoms with Crippen molar-refractivity contribution in [2.45, 2.75) is 6.92 Å². The molecule has 0 bridgehead atoms. The fraction of sp³-hybridized carbons (Fsp3) is 0.143. The summed E-state index contributed by atoms with van der Waals surface area (Å²) in [5.74, 6) is -1.89. The van der Waals surface area contributed by atoms with Crippen LogP contribution in [0.15, 0.2) is 36.4 Å². The lowest BCUT2D eigenvalue weighted by atomic mass is 10.2. The first kappa shape index (κ1) is 13.9. The highest BCUT2D eigenvalue weighted by molar-refractivity contribution is 6.03. The quantitative estimate of drug-likeness (QED) is 0.903. The number of hydrogen-bond acceptors (Lipinski definition) is 3.